The third kappa shape index (κ3) is 3.96. The highest BCUT2D eigenvalue weighted by atomic mass is 16.5. The summed E-state index contributed by atoms with van der Waals surface area (Å²) >= 11 is 0. The topological polar surface area (TPSA) is 49.8 Å². The molecule has 0 bridgehead atoms. The fourth-order valence-electron chi connectivity index (χ4n) is 2.38. The Morgan fingerprint density at radius 3 is 2.59 bits per heavy atom. The molecule has 1 rings (SSSR count). The maximum Gasteiger partial charge on any atom is 0.228 e. The predicted octanol–water partition coefficient (Wildman–Crippen LogP) is 1.42. The lowest BCUT2D eigenvalue weighted by Gasteiger charge is -2.31. The SMILES string of the molecule is CCC1OCCC1C(=O)N(CC)CC(C)(C)O. The summed E-state index contributed by atoms with van der Waals surface area (Å²) in [5, 5.41) is 9.81. The molecule has 0 radical (unpaired) electrons. The minimum Gasteiger partial charge on any atom is -0.389 e. The third-order valence-corrected chi connectivity index (χ3v) is 3.20. The Kier molecular flexibility index (Phi) is 4.95. The molecule has 17 heavy (non-hydrogen) atoms. The summed E-state index contributed by atoms with van der Waals surface area (Å²) in [7, 11) is 0. The van der Waals surface area contributed by atoms with Crippen LogP contribution in [0.15, 0.2) is 0 Å². The van der Waals surface area contributed by atoms with Crippen LogP contribution >= 0.6 is 0 Å². The summed E-state index contributed by atoms with van der Waals surface area (Å²) in [6, 6.07) is 0. The molecular formula is C13H25NO3. The van der Waals surface area contributed by atoms with Gasteiger partial charge in [-0.3, -0.25) is 4.79 Å². The zero-order valence-electron chi connectivity index (χ0n) is 11.4. The number of nitrogens with zero attached hydrogens (tertiary/aromatic N) is 1. The van der Waals surface area contributed by atoms with E-state index >= 15 is 0 Å². The van der Waals surface area contributed by atoms with Gasteiger partial charge in [0.05, 0.1) is 17.6 Å². The lowest BCUT2D eigenvalue weighted by molar-refractivity contribution is -0.140. The maximum absolute atomic E-state index is 12.4. The van der Waals surface area contributed by atoms with Gasteiger partial charge in [0.1, 0.15) is 0 Å². The molecule has 1 aliphatic rings. The van der Waals surface area contributed by atoms with E-state index in [1.165, 1.54) is 0 Å². The van der Waals surface area contributed by atoms with Gasteiger partial charge in [-0.05, 0) is 33.6 Å². The smallest absolute Gasteiger partial charge is 0.228 e. The molecule has 4 heteroatoms. The highest BCUT2D eigenvalue weighted by Crippen LogP contribution is 2.25. The van der Waals surface area contributed by atoms with Crippen molar-refractivity contribution in [2.75, 3.05) is 19.7 Å². The van der Waals surface area contributed by atoms with Crippen molar-refractivity contribution in [3.8, 4) is 0 Å². The zero-order chi connectivity index (χ0) is 13.1. The van der Waals surface area contributed by atoms with E-state index in [2.05, 4.69) is 0 Å². The van der Waals surface area contributed by atoms with Crippen molar-refractivity contribution in [1.82, 2.24) is 4.90 Å². The van der Waals surface area contributed by atoms with Gasteiger partial charge < -0.3 is 14.7 Å². The second-order valence-electron chi connectivity index (χ2n) is 5.38. The summed E-state index contributed by atoms with van der Waals surface area (Å²) in [4.78, 5) is 14.1. The Hall–Kier alpha value is -0.610. The number of carbonyl (C=O) groups is 1. The van der Waals surface area contributed by atoms with Crippen molar-refractivity contribution in [2.24, 2.45) is 5.92 Å². The second-order valence-corrected chi connectivity index (χ2v) is 5.38. The van der Waals surface area contributed by atoms with Crippen LogP contribution < -0.4 is 0 Å². The summed E-state index contributed by atoms with van der Waals surface area (Å²) in [5.41, 5.74) is -0.840. The zero-order valence-corrected chi connectivity index (χ0v) is 11.4. The molecule has 2 unspecified atom stereocenters. The van der Waals surface area contributed by atoms with E-state index in [-0.39, 0.29) is 17.9 Å². The van der Waals surface area contributed by atoms with Crippen LogP contribution in [0.5, 0.6) is 0 Å². The molecule has 0 aliphatic carbocycles. The molecule has 0 aromatic heterocycles. The first kappa shape index (κ1) is 14.5. The van der Waals surface area contributed by atoms with Crippen LogP contribution in [-0.4, -0.2) is 47.3 Å². The monoisotopic (exact) mass is 243 g/mol. The number of aliphatic hydroxyl groups is 1. The summed E-state index contributed by atoms with van der Waals surface area (Å²) in [6.45, 7) is 9.14. The van der Waals surface area contributed by atoms with E-state index in [4.69, 9.17) is 4.74 Å². The molecule has 2 atom stereocenters. The van der Waals surface area contributed by atoms with Crippen LogP contribution in [0.1, 0.15) is 40.5 Å². The summed E-state index contributed by atoms with van der Waals surface area (Å²) < 4.78 is 5.55. The lowest BCUT2D eigenvalue weighted by Crippen LogP contribution is -2.46. The van der Waals surface area contributed by atoms with E-state index in [1.807, 2.05) is 13.8 Å². The van der Waals surface area contributed by atoms with Gasteiger partial charge in [0.2, 0.25) is 5.91 Å². The normalized spacial score (nSPS) is 25.0. The third-order valence-electron chi connectivity index (χ3n) is 3.20. The quantitative estimate of drug-likeness (QED) is 0.794. The molecule has 100 valence electrons. The van der Waals surface area contributed by atoms with Crippen LogP contribution in [0, 0.1) is 5.92 Å². The van der Waals surface area contributed by atoms with E-state index < -0.39 is 5.60 Å². The molecule has 1 heterocycles. The van der Waals surface area contributed by atoms with Gasteiger partial charge in [0, 0.05) is 19.7 Å². The van der Waals surface area contributed by atoms with E-state index in [0.717, 1.165) is 12.8 Å². The Morgan fingerprint density at radius 2 is 2.12 bits per heavy atom. The molecule has 4 nitrogen and oxygen atoms in total. The molecule has 0 saturated carbocycles. The first-order valence-electron chi connectivity index (χ1n) is 6.51. The molecule has 0 aromatic rings. The number of hydrogen-bond acceptors (Lipinski definition) is 3. The Bertz CT molecular complexity index is 260. The van der Waals surface area contributed by atoms with Crippen molar-refractivity contribution in [3.63, 3.8) is 0 Å². The number of carbonyl (C=O) groups excluding carboxylic acids is 1. The first-order chi connectivity index (χ1) is 7.89. The molecule has 0 aromatic carbocycles. The molecular weight excluding hydrogens is 218 g/mol. The minimum atomic E-state index is -0.840. The van der Waals surface area contributed by atoms with Crippen LogP contribution in [0.25, 0.3) is 0 Å². The highest BCUT2D eigenvalue weighted by molar-refractivity contribution is 5.79. The number of rotatable bonds is 5. The van der Waals surface area contributed by atoms with Gasteiger partial charge >= 0.3 is 0 Å². The van der Waals surface area contributed by atoms with Gasteiger partial charge in [0.25, 0.3) is 0 Å². The number of ether oxygens (including phenoxy) is 1. The lowest BCUT2D eigenvalue weighted by atomic mass is 9.97. The number of hydrogen-bond donors (Lipinski definition) is 1. The standard InChI is InChI=1S/C13H25NO3/c1-5-11-10(7-8-17-11)12(15)14(6-2)9-13(3,4)16/h10-11,16H,5-9H2,1-4H3. The Balaban J connectivity index is 2.65. The fraction of sp³-hybridized carbons (Fsp3) is 0.923. The van der Waals surface area contributed by atoms with Gasteiger partial charge in [-0.1, -0.05) is 6.92 Å². The van der Waals surface area contributed by atoms with Gasteiger partial charge in [-0.15, -0.1) is 0 Å². The summed E-state index contributed by atoms with van der Waals surface area (Å²) in [5.74, 6) is 0.0984. The molecule has 1 N–H and O–H groups in total. The molecule has 1 aliphatic heterocycles. The Labute approximate surface area is 104 Å². The Morgan fingerprint density at radius 1 is 1.47 bits per heavy atom. The van der Waals surface area contributed by atoms with Crippen molar-refractivity contribution >= 4 is 5.91 Å². The van der Waals surface area contributed by atoms with E-state index in [0.29, 0.717) is 19.7 Å². The molecule has 1 fully saturated rings. The highest BCUT2D eigenvalue weighted by Gasteiger charge is 2.36. The molecule has 1 saturated heterocycles. The molecule has 0 spiro atoms. The van der Waals surface area contributed by atoms with Crippen LogP contribution in [0.4, 0.5) is 0 Å². The van der Waals surface area contributed by atoms with Crippen LogP contribution in [0.2, 0.25) is 0 Å². The van der Waals surface area contributed by atoms with Crippen molar-refractivity contribution < 1.29 is 14.6 Å². The average Bonchev–Trinajstić information content (AvgIpc) is 2.71. The van der Waals surface area contributed by atoms with E-state index in [1.54, 1.807) is 18.7 Å². The second kappa shape index (κ2) is 5.83. The number of likely N-dealkylation sites (N-methyl/N-ethyl adjacent to an activating group) is 1. The number of amides is 1. The van der Waals surface area contributed by atoms with E-state index in [9.17, 15) is 9.90 Å². The van der Waals surface area contributed by atoms with Crippen molar-refractivity contribution in [2.45, 2.75) is 52.2 Å². The van der Waals surface area contributed by atoms with Crippen molar-refractivity contribution in [3.05, 3.63) is 0 Å². The van der Waals surface area contributed by atoms with Crippen LogP contribution in [-0.2, 0) is 9.53 Å². The maximum atomic E-state index is 12.4. The van der Waals surface area contributed by atoms with Crippen LogP contribution in [0.3, 0.4) is 0 Å². The minimum absolute atomic E-state index is 0.0256. The largest absolute Gasteiger partial charge is 0.389 e. The van der Waals surface area contributed by atoms with Crippen molar-refractivity contribution in [1.29, 1.82) is 0 Å². The average molecular weight is 243 g/mol. The van der Waals surface area contributed by atoms with Gasteiger partial charge in [-0.2, -0.15) is 0 Å². The van der Waals surface area contributed by atoms with Gasteiger partial charge in [0.15, 0.2) is 0 Å². The van der Waals surface area contributed by atoms with Gasteiger partial charge in [-0.25, -0.2) is 0 Å². The predicted molar refractivity (Wildman–Crippen MR) is 66.7 cm³/mol. The first-order valence-corrected chi connectivity index (χ1v) is 6.51. The molecule has 1 amide bonds. The fourth-order valence-corrected chi connectivity index (χ4v) is 2.38. The summed E-state index contributed by atoms with van der Waals surface area (Å²) in [6.07, 6.45) is 1.73.